The van der Waals surface area contributed by atoms with Crippen LogP contribution in [0, 0.1) is 0 Å². The number of rotatable bonds is 7. The van der Waals surface area contributed by atoms with Crippen molar-refractivity contribution in [3.05, 3.63) is 11.7 Å². The molecule has 1 unspecified atom stereocenters. The number of hydrogen-bond donors (Lipinski definition) is 1. The number of nitrogens with two attached hydrogens (primary N) is 1. The Labute approximate surface area is 127 Å². The molecule has 2 N–H and O–H groups in total. The van der Waals surface area contributed by atoms with Gasteiger partial charge in [-0.3, -0.25) is 0 Å². The Morgan fingerprint density at radius 1 is 1.24 bits per heavy atom. The topological polar surface area (TPSA) is 74.2 Å². The average molecular weight is 295 g/mol. The van der Waals surface area contributed by atoms with Gasteiger partial charge in [-0.2, -0.15) is 4.98 Å². The fourth-order valence-corrected chi connectivity index (χ4v) is 3.13. The fraction of sp³-hybridized carbons (Fsp3) is 0.875. The van der Waals surface area contributed by atoms with Crippen LogP contribution in [0.3, 0.4) is 0 Å². The predicted molar refractivity (Wildman–Crippen MR) is 81.8 cm³/mol. The minimum Gasteiger partial charge on any atom is -0.367 e. The highest BCUT2D eigenvalue weighted by Crippen LogP contribution is 2.38. The lowest BCUT2D eigenvalue weighted by Crippen LogP contribution is -2.31. The molecule has 0 amide bonds. The highest BCUT2D eigenvalue weighted by molar-refractivity contribution is 5.04. The van der Waals surface area contributed by atoms with Crippen molar-refractivity contribution in [1.82, 2.24) is 10.1 Å². The largest absolute Gasteiger partial charge is 0.367 e. The molecule has 1 aromatic rings. The van der Waals surface area contributed by atoms with Gasteiger partial charge in [0.15, 0.2) is 0 Å². The highest BCUT2D eigenvalue weighted by Gasteiger charge is 2.38. The second kappa shape index (κ2) is 7.90. The molecule has 21 heavy (non-hydrogen) atoms. The third-order valence-electron chi connectivity index (χ3n) is 4.37. The second-order valence-electron chi connectivity index (χ2n) is 6.05. The fourth-order valence-electron chi connectivity index (χ4n) is 3.13. The molecular weight excluding hydrogens is 266 g/mol. The monoisotopic (exact) mass is 295 g/mol. The number of unbranched alkanes of at least 4 members (excludes halogenated alkanes) is 1. The molecule has 0 saturated heterocycles. The van der Waals surface area contributed by atoms with E-state index in [0.717, 1.165) is 44.9 Å². The molecule has 0 radical (unpaired) electrons. The van der Waals surface area contributed by atoms with Crippen molar-refractivity contribution >= 4 is 0 Å². The van der Waals surface area contributed by atoms with Crippen molar-refractivity contribution in [2.75, 3.05) is 6.61 Å². The van der Waals surface area contributed by atoms with Gasteiger partial charge in [-0.1, -0.05) is 50.6 Å². The second-order valence-corrected chi connectivity index (χ2v) is 6.05. The van der Waals surface area contributed by atoms with Crippen LogP contribution in [0.4, 0.5) is 0 Å². The summed E-state index contributed by atoms with van der Waals surface area (Å²) in [6, 6.07) is -0.157. The van der Waals surface area contributed by atoms with E-state index >= 15 is 0 Å². The van der Waals surface area contributed by atoms with Crippen molar-refractivity contribution in [3.63, 3.8) is 0 Å². The van der Waals surface area contributed by atoms with Crippen LogP contribution in [0.2, 0.25) is 0 Å². The zero-order valence-corrected chi connectivity index (χ0v) is 13.4. The van der Waals surface area contributed by atoms with Crippen molar-refractivity contribution in [2.45, 2.75) is 83.3 Å². The van der Waals surface area contributed by atoms with Gasteiger partial charge in [0, 0.05) is 6.61 Å². The van der Waals surface area contributed by atoms with E-state index in [4.69, 9.17) is 15.0 Å². The van der Waals surface area contributed by atoms with Crippen LogP contribution in [0.15, 0.2) is 4.52 Å². The van der Waals surface area contributed by atoms with Gasteiger partial charge in [0.25, 0.3) is 0 Å². The maximum Gasteiger partial charge on any atom is 0.243 e. The first-order chi connectivity index (χ1) is 10.2. The highest BCUT2D eigenvalue weighted by atomic mass is 16.5. The zero-order valence-electron chi connectivity index (χ0n) is 13.4. The first-order valence-electron chi connectivity index (χ1n) is 8.45. The molecule has 1 saturated carbocycles. The lowest BCUT2D eigenvalue weighted by Gasteiger charge is -2.29. The third kappa shape index (κ3) is 4.04. The molecule has 1 atom stereocenters. The van der Waals surface area contributed by atoms with Gasteiger partial charge in [-0.05, 0) is 26.2 Å². The average Bonchev–Trinajstić information content (AvgIpc) is 2.87. The summed E-state index contributed by atoms with van der Waals surface area (Å²) in [5.74, 6) is 1.26. The first-order valence-corrected chi connectivity index (χ1v) is 8.45. The minimum atomic E-state index is -0.364. The van der Waals surface area contributed by atoms with E-state index in [9.17, 15) is 0 Å². The van der Waals surface area contributed by atoms with E-state index in [2.05, 4.69) is 17.1 Å². The smallest absolute Gasteiger partial charge is 0.243 e. The third-order valence-corrected chi connectivity index (χ3v) is 4.37. The van der Waals surface area contributed by atoms with Crippen LogP contribution in [0.25, 0.3) is 0 Å². The molecule has 0 aromatic carbocycles. The zero-order chi connectivity index (χ0) is 15.1. The molecule has 1 fully saturated rings. The standard InChI is InChI=1S/C16H29N3O2/c1-3-5-10-13(17)14-18-15(19-21-14)16(20-4-2)11-8-6-7-9-12-16/h13H,3-12,17H2,1-2H3. The van der Waals surface area contributed by atoms with Crippen LogP contribution in [-0.4, -0.2) is 16.7 Å². The SMILES string of the molecule is CCCCC(N)c1nc(C2(OCC)CCCCCC2)no1. The van der Waals surface area contributed by atoms with Gasteiger partial charge in [0.2, 0.25) is 11.7 Å². The van der Waals surface area contributed by atoms with Crippen LogP contribution in [0.1, 0.15) is 89.4 Å². The van der Waals surface area contributed by atoms with Crippen molar-refractivity contribution < 1.29 is 9.26 Å². The van der Waals surface area contributed by atoms with Crippen LogP contribution in [-0.2, 0) is 10.3 Å². The maximum absolute atomic E-state index is 6.13. The van der Waals surface area contributed by atoms with Crippen molar-refractivity contribution in [3.8, 4) is 0 Å². The number of nitrogens with zero attached hydrogens (tertiary/aromatic N) is 2. The Bertz CT molecular complexity index is 411. The predicted octanol–water partition coefficient (Wildman–Crippen LogP) is 3.85. The molecule has 5 nitrogen and oxygen atoms in total. The molecule has 0 bridgehead atoms. The summed E-state index contributed by atoms with van der Waals surface area (Å²) in [4.78, 5) is 4.59. The summed E-state index contributed by atoms with van der Waals surface area (Å²) in [5, 5.41) is 4.21. The Hall–Kier alpha value is -0.940. The van der Waals surface area contributed by atoms with Gasteiger partial charge in [0.1, 0.15) is 5.60 Å². The van der Waals surface area contributed by atoms with Crippen molar-refractivity contribution in [1.29, 1.82) is 0 Å². The van der Waals surface area contributed by atoms with E-state index < -0.39 is 0 Å². The summed E-state index contributed by atoms with van der Waals surface area (Å²) in [5.41, 5.74) is 5.77. The van der Waals surface area contributed by atoms with Crippen LogP contribution in [0.5, 0.6) is 0 Å². The molecule has 5 heteroatoms. The van der Waals surface area contributed by atoms with Crippen LogP contribution < -0.4 is 5.73 Å². The summed E-state index contributed by atoms with van der Waals surface area (Å²) in [6.45, 7) is 4.86. The van der Waals surface area contributed by atoms with Gasteiger partial charge >= 0.3 is 0 Å². The first kappa shape index (κ1) is 16.4. The quantitative estimate of drug-likeness (QED) is 0.773. The van der Waals surface area contributed by atoms with Gasteiger partial charge in [0.05, 0.1) is 6.04 Å². The van der Waals surface area contributed by atoms with E-state index in [1.165, 1.54) is 12.8 Å². The van der Waals surface area contributed by atoms with E-state index in [1.807, 2.05) is 6.92 Å². The van der Waals surface area contributed by atoms with E-state index in [-0.39, 0.29) is 11.6 Å². The van der Waals surface area contributed by atoms with Gasteiger partial charge in [-0.15, -0.1) is 0 Å². The molecular formula is C16H29N3O2. The number of hydrogen-bond acceptors (Lipinski definition) is 5. The number of ether oxygens (including phenoxy) is 1. The molecule has 0 spiro atoms. The molecule has 120 valence electrons. The van der Waals surface area contributed by atoms with E-state index in [0.29, 0.717) is 18.3 Å². The molecule has 1 heterocycles. The summed E-state index contributed by atoms with van der Waals surface area (Å²) in [7, 11) is 0. The summed E-state index contributed by atoms with van der Waals surface area (Å²) < 4.78 is 11.5. The minimum absolute atomic E-state index is 0.157. The lowest BCUT2D eigenvalue weighted by molar-refractivity contribution is -0.0636. The molecule has 1 aliphatic rings. The van der Waals surface area contributed by atoms with Gasteiger partial charge < -0.3 is 15.0 Å². The summed E-state index contributed by atoms with van der Waals surface area (Å²) >= 11 is 0. The normalized spacial score (nSPS) is 20.1. The molecule has 1 aromatic heterocycles. The van der Waals surface area contributed by atoms with Crippen molar-refractivity contribution in [2.24, 2.45) is 5.73 Å². The summed E-state index contributed by atoms with van der Waals surface area (Å²) in [6.07, 6.45) is 9.88. The van der Waals surface area contributed by atoms with Gasteiger partial charge in [-0.25, -0.2) is 0 Å². The molecule has 2 rings (SSSR count). The van der Waals surface area contributed by atoms with Crippen LogP contribution >= 0.6 is 0 Å². The maximum atomic E-state index is 6.13. The number of aromatic nitrogens is 2. The Balaban J connectivity index is 2.15. The Morgan fingerprint density at radius 2 is 1.95 bits per heavy atom. The van der Waals surface area contributed by atoms with E-state index in [1.54, 1.807) is 0 Å². The molecule has 1 aliphatic carbocycles. The Morgan fingerprint density at radius 3 is 2.57 bits per heavy atom. The Kier molecular flexibility index (Phi) is 6.18. The molecule has 0 aliphatic heterocycles. The lowest BCUT2D eigenvalue weighted by atomic mass is 9.93.